The van der Waals surface area contributed by atoms with Crippen molar-refractivity contribution < 1.29 is 27.5 Å². The van der Waals surface area contributed by atoms with Gasteiger partial charge in [0.1, 0.15) is 11.5 Å². The van der Waals surface area contributed by atoms with Gasteiger partial charge in [-0.25, -0.2) is 8.42 Å². The van der Waals surface area contributed by atoms with Crippen molar-refractivity contribution in [2.75, 3.05) is 35.7 Å². The molecule has 8 nitrogen and oxygen atoms in total. The first-order valence-corrected chi connectivity index (χ1v) is 14.2. The van der Waals surface area contributed by atoms with E-state index in [1.54, 1.807) is 23.1 Å². The molecule has 188 valence electrons. The van der Waals surface area contributed by atoms with Crippen LogP contribution in [0.4, 0.5) is 11.4 Å². The van der Waals surface area contributed by atoms with Gasteiger partial charge in [-0.1, -0.05) is 15.9 Å². The molecule has 0 bridgehead atoms. The van der Waals surface area contributed by atoms with E-state index in [2.05, 4.69) is 21.2 Å². The SMILES string of the molecule is CCOc1ccc(OCC)c(NC(=O)CCS(=O)(=O)c2cc(Br)cc3c2N(C(=O)C2CC2)CC3)c1. The van der Waals surface area contributed by atoms with Crippen molar-refractivity contribution in [3.63, 3.8) is 0 Å². The lowest BCUT2D eigenvalue weighted by molar-refractivity contribution is -0.119. The molecular weight excluding hydrogens is 536 g/mol. The third-order valence-electron chi connectivity index (χ3n) is 5.95. The molecule has 2 aliphatic rings. The first-order chi connectivity index (χ1) is 16.7. The highest BCUT2D eigenvalue weighted by atomic mass is 79.9. The highest BCUT2D eigenvalue weighted by molar-refractivity contribution is 9.10. The number of rotatable bonds is 10. The van der Waals surface area contributed by atoms with Gasteiger partial charge in [-0.2, -0.15) is 0 Å². The first kappa shape index (κ1) is 25.5. The maximum Gasteiger partial charge on any atom is 0.230 e. The van der Waals surface area contributed by atoms with Gasteiger partial charge in [-0.05, 0) is 62.9 Å². The summed E-state index contributed by atoms with van der Waals surface area (Å²) < 4.78 is 38.5. The minimum absolute atomic E-state index is 0.0158. The van der Waals surface area contributed by atoms with Crippen LogP contribution in [0.5, 0.6) is 11.5 Å². The number of hydrogen-bond acceptors (Lipinski definition) is 6. The van der Waals surface area contributed by atoms with Crippen molar-refractivity contribution in [3.05, 3.63) is 40.4 Å². The smallest absolute Gasteiger partial charge is 0.230 e. The number of nitrogens with one attached hydrogen (secondary N) is 1. The normalized spacial score (nSPS) is 15.0. The van der Waals surface area contributed by atoms with E-state index in [9.17, 15) is 18.0 Å². The number of halogens is 1. The van der Waals surface area contributed by atoms with E-state index in [0.717, 1.165) is 18.4 Å². The molecule has 1 fully saturated rings. The second kappa shape index (κ2) is 10.6. The molecule has 1 N–H and O–H groups in total. The van der Waals surface area contributed by atoms with Crippen LogP contribution in [0.2, 0.25) is 0 Å². The number of hydrogen-bond donors (Lipinski definition) is 1. The summed E-state index contributed by atoms with van der Waals surface area (Å²) in [5, 5.41) is 2.75. The number of carbonyl (C=O) groups excluding carboxylic acids is 2. The zero-order valence-corrected chi connectivity index (χ0v) is 22.2. The second-order valence-corrected chi connectivity index (χ2v) is 11.6. The molecule has 0 aromatic heterocycles. The predicted octanol–water partition coefficient (Wildman–Crippen LogP) is 4.35. The largest absolute Gasteiger partial charge is 0.494 e. The van der Waals surface area contributed by atoms with Crippen molar-refractivity contribution in [2.45, 2.75) is 44.4 Å². The quantitative estimate of drug-likeness (QED) is 0.460. The van der Waals surface area contributed by atoms with E-state index in [-0.39, 0.29) is 28.9 Å². The molecule has 1 aliphatic heterocycles. The summed E-state index contributed by atoms with van der Waals surface area (Å²) in [6.07, 6.45) is 2.05. The molecule has 1 heterocycles. The lowest BCUT2D eigenvalue weighted by Gasteiger charge is -2.21. The summed E-state index contributed by atoms with van der Waals surface area (Å²) >= 11 is 3.40. The molecule has 0 unspecified atom stereocenters. The van der Waals surface area contributed by atoms with Crippen LogP contribution in [0, 0.1) is 5.92 Å². The zero-order chi connectivity index (χ0) is 25.2. The summed E-state index contributed by atoms with van der Waals surface area (Å²) in [4.78, 5) is 27.2. The Bertz CT molecular complexity index is 1240. The summed E-state index contributed by atoms with van der Waals surface area (Å²) in [5.41, 5.74) is 1.71. The predicted molar refractivity (Wildman–Crippen MR) is 137 cm³/mol. The number of sulfone groups is 1. The minimum Gasteiger partial charge on any atom is -0.494 e. The molecule has 0 atom stereocenters. The van der Waals surface area contributed by atoms with Gasteiger partial charge in [0.2, 0.25) is 11.8 Å². The van der Waals surface area contributed by atoms with Crippen molar-refractivity contribution in [1.29, 1.82) is 0 Å². The maximum absolute atomic E-state index is 13.4. The Kier molecular flexibility index (Phi) is 7.70. The molecule has 10 heteroatoms. The van der Waals surface area contributed by atoms with Crippen LogP contribution in [0.15, 0.2) is 39.7 Å². The third-order valence-corrected chi connectivity index (χ3v) is 8.14. The van der Waals surface area contributed by atoms with E-state index in [1.807, 2.05) is 19.9 Å². The fraction of sp³-hybridized carbons (Fsp3) is 0.440. The summed E-state index contributed by atoms with van der Waals surface area (Å²) in [6.45, 7) is 5.05. The van der Waals surface area contributed by atoms with Gasteiger partial charge in [0.25, 0.3) is 0 Å². The molecule has 35 heavy (non-hydrogen) atoms. The Morgan fingerprint density at radius 3 is 2.54 bits per heavy atom. The summed E-state index contributed by atoms with van der Waals surface area (Å²) in [5.74, 6) is 0.175. The number of nitrogens with zero attached hydrogens (tertiary/aromatic N) is 1. The van der Waals surface area contributed by atoms with Crippen LogP contribution >= 0.6 is 15.9 Å². The number of anilines is 2. The van der Waals surface area contributed by atoms with Gasteiger partial charge in [0.05, 0.1) is 35.2 Å². The van der Waals surface area contributed by atoms with Gasteiger partial charge >= 0.3 is 0 Å². The average molecular weight is 565 g/mol. The summed E-state index contributed by atoms with van der Waals surface area (Å²) in [7, 11) is -3.84. The Balaban J connectivity index is 1.52. The number of ether oxygens (including phenoxy) is 2. The zero-order valence-electron chi connectivity index (χ0n) is 19.8. The number of benzene rings is 2. The van der Waals surface area contributed by atoms with Crippen LogP contribution in [0.1, 0.15) is 38.7 Å². The van der Waals surface area contributed by atoms with Crippen LogP contribution < -0.4 is 19.7 Å². The van der Waals surface area contributed by atoms with E-state index in [0.29, 0.717) is 53.5 Å². The third kappa shape index (κ3) is 5.81. The van der Waals surface area contributed by atoms with Crippen molar-refractivity contribution in [2.24, 2.45) is 5.92 Å². The molecule has 2 aromatic rings. The molecule has 1 saturated carbocycles. The molecule has 4 rings (SSSR count). The molecule has 0 spiro atoms. The van der Waals surface area contributed by atoms with Crippen molar-refractivity contribution in [1.82, 2.24) is 0 Å². The molecule has 1 aliphatic carbocycles. The fourth-order valence-corrected chi connectivity index (χ4v) is 6.34. The van der Waals surface area contributed by atoms with E-state index in [1.165, 1.54) is 6.07 Å². The second-order valence-electron chi connectivity index (χ2n) is 8.57. The fourth-order valence-electron chi connectivity index (χ4n) is 4.17. The Morgan fingerprint density at radius 2 is 1.86 bits per heavy atom. The lowest BCUT2D eigenvalue weighted by Crippen LogP contribution is -2.31. The molecule has 0 radical (unpaired) electrons. The Hall–Kier alpha value is -2.59. The Morgan fingerprint density at radius 1 is 1.11 bits per heavy atom. The van der Waals surface area contributed by atoms with Crippen LogP contribution in [-0.4, -0.2) is 45.7 Å². The van der Waals surface area contributed by atoms with Crippen molar-refractivity contribution >= 4 is 49.0 Å². The monoisotopic (exact) mass is 564 g/mol. The number of carbonyl (C=O) groups is 2. The lowest BCUT2D eigenvalue weighted by atomic mass is 10.2. The van der Waals surface area contributed by atoms with Gasteiger partial charge in [-0.3, -0.25) is 9.59 Å². The van der Waals surface area contributed by atoms with Gasteiger partial charge in [-0.15, -0.1) is 0 Å². The van der Waals surface area contributed by atoms with Gasteiger partial charge in [0, 0.05) is 29.4 Å². The van der Waals surface area contributed by atoms with Gasteiger partial charge < -0.3 is 19.7 Å². The maximum atomic E-state index is 13.4. The molecular formula is C25H29BrN2O6S. The highest BCUT2D eigenvalue weighted by Crippen LogP contribution is 2.41. The summed E-state index contributed by atoms with van der Waals surface area (Å²) in [6, 6.07) is 8.50. The molecule has 2 aromatic carbocycles. The number of amides is 2. The standard InChI is InChI=1S/C25H29BrN2O6S/c1-3-33-19-7-8-21(34-4-2)20(15-19)27-23(29)10-12-35(31,32)22-14-18(26)13-17-9-11-28(24(17)22)25(30)16-5-6-16/h7-8,13-16H,3-6,9-12H2,1-2H3,(H,27,29). The van der Waals surface area contributed by atoms with Crippen LogP contribution in [0.3, 0.4) is 0 Å². The Labute approximate surface area is 214 Å². The van der Waals surface area contributed by atoms with Crippen LogP contribution in [-0.2, 0) is 25.8 Å². The van der Waals surface area contributed by atoms with E-state index in [4.69, 9.17) is 9.47 Å². The van der Waals surface area contributed by atoms with Crippen molar-refractivity contribution in [3.8, 4) is 11.5 Å². The van der Waals surface area contributed by atoms with E-state index >= 15 is 0 Å². The highest BCUT2D eigenvalue weighted by Gasteiger charge is 2.39. The van der Waals surface area contributed by atoms with Crippen LogP contribution in [0.25, 0.3) is 0 Å². The topological polar surface area (TPSA) is 102 Å². The molecule has 0 saturated heterocycles. The minimum atomic E-state index is -3.84. The average Bonchev–Trinajstić information content (AvgIpc) is 3.58. The molecule has 2 amide bonds. The van der Waals surface area contributed by atoms with Gasteiger partial charge in [0.15, 0.2) is 9.84 Å². The first-order valence-electron chi connectivity index (χ1n) is 11.8. The van der Waals surface area contributed by atoms with E-state index < -0.39 is 15.7 Å². The number of fused-ring (bicyclic) bond motifs is 1.